The van der Waals surface area contributed by atoms with Crippen LogP contribution >= 0.6 is 0 Å². The Morgan fingerprint density at radius 1 is 1.12 bits per heavy atom. The minimum atomic E-state index is -0.376. The Morgan fingerprint density at radius 2 is 1.88 bits per heavy atom. The number of nitrogens with zero attached hydrogens (tertiary/aromatic N) is 3. The van der Waals surface area contributed by atoms with Gasteiger partial charge in [-0.3, -0.25) is 9.59 Å². The highest BCUT2D eigenvalue weighted by atomic mass is 16.6. The standard InChI is InChI=1S/C26H31N3O5/c1-17-5-4-6-22(18(17)2)23-8-7-19(13-24(23)26(32)28-9-11-34-12-10-28)25(31)29-15-20(27-33-3)14-21(29)16-30/h4-8,13,21,30H,9-12,14-16H2,1-3H3/b27-20+/t21-/m0/s1. The maximum atomic E-state index is 13.6. The number of benzene rings is 2. The Balaban J connectivity index is 1.75. The minimum absolute atomic E-state index is 0.115. The van der Waals surface area contributed by atoms with Gasteiger partial charge in [0.25, 0.3) is 11.8 Å². The number of likely N-dealkylation sites (tertiary alicyclic amines) is 1. The van der Waals surface area contributed by atoms with Crippen molar-refractivity contribution in [2.75, 3.05) is 46.6 Å². The van der Waals surface area contributed by atoms with Crippen molar-refractivity contribution in [2.24, 2.45) is 5.16 Å². The predicted molar refractivity (Wildman–Crippen MR) is 129 cm³/mol. The molecule has 2 aliphatic heterocycles. The monoisotopic (exact) mass is 465 g/mol. The molecule has 0 saturated carbocycles. The molecule has 0 aromatic heterocycles. The number of carbonyl (C=O) groups is 2. The summed E-state index contributed by atoms with van der Waals surface area (Å²) in [4.78, 5) is 35.3. The topological polar surface area (TPSA) is 91.7 Å². The number of hydrogen-bond donors (Lipinski definition) is 1. The van der Waals surface area contributed by atoms with Crippen molar-refractivity contribution in [3.8, 4) is 11.1 Å². The summed E-state index contributed by atoms with van der Waals surface area (Å²) in [7, 11) is 1.46. The lowest BCUT2D eigenvalue weighted by Gasteiger charge is -2.28. The molecule has 180 valence electrons. The van der Waals surface area contributed by atoms with Gasteiger partial charge in [-0.15, -0.1) is 0 Å². The van der Waals surface area contributed by atoms with E-state index in [-0.39, 0.29) is 31.0 Å². The third kappa shape index (κ3) is 4.69. The van der Waals surface area contributed by atoms with E-state index in [4.69, 9.17) is 9.57 Å². The van der Waals surface area contributed by atoms with Crippen LogP contribution in [-0.2, 0) is 9.57 Å². The summed E-state index contributed by atoms with van der Waals surface area (Å²) in [6.45, 7) is 6.21. The first kappa shape index (κ1) is 23.9. The van der Waals surface area contributed by atoms with Crippen molar-refractivity contribution in [1.82, 2.24) is 9.80 Å². The smallest absolute Gasteiger partial charge is 0.254 e. The van der Waals surface area contributed by atoms with Crippen LogP contribution in [0.3, 0.4) is 0 Å². The first-order valence-electron chi connectivity index (χ1n) is 11.5. The SMILES string of the molecule is CO/N=C1\C[C@@H](CO)N(C(=O)c2ccc(-c3cccc(C)c3C)c(C(=O)N3CCOCC3)c2)C1. The van der Waals surface area contributed by atoms with Gasteiger partial charge >= 0.3 is 0 Å². The molecule has 34 heavy (non-hydrogen) atoms. The van der Waals surface area contributed by atoms with Crippen LogP contribution in [0.15, 0.2) is 41.6 Å². The van der Waals surface area contributed by atoms with E-state index < -0.39 is 0 Å². The summed E-state index contributed by atoms with van der Waals surface area (Å²) in [6.07, 6.45) is 0.455. The van der Waals surface area contributed by atoms with E-state index in [1.54, 1.807) is 21.9 Å². The highest BCUT2D eigenvalue weighted by Crippen LogP contribution is 2.31. The fourth-order valence-corrected chi connectivity index (χ4v) is 4.60. The van der Waals surface area contributed by atoms with Crippen LogP contribution in [0, 0.1) is 13.8 Å². The number of aryl methyl sites for hydroxylation is 1. The van der Waals surface area contributed by atoms with Gasteiger partial charge in [-0.1, -0.05) is 29.4 Å². The first-order chi connectivity index (χ1) is 16.4. The molecule has 1 atom stereocenters. The third-order valence-corrected chi connectivity index (χ3v) is 6.65. The Labute approximate surface area is 199 Å². The second-order valence-electron chi connectivity index (χ2n) is 8.73. The van der Waals surface area contributed by atoms with Gasteiger partial charge in [0, 0.05) is 30.6 Å². The summed E-state index contributed by atoms with van der Waals surface area (Å²) < 4.78 is 5.42. The predicted octanol–water partition coefficient (Wildman–Crippen LogP) is 2.65. The number of amides is 2. The molecule has 0 unspecified atom stereocenters. The van der Waals surface area contributed by atoms with Crippen LogP contribution in [-0.4, -0.2) is 85.0 Å². The van der Waals surface area contributed by atoms with Gasteiger partial charge in [0.05, 0.1) is 38.1 Å². The van der Waals surface area contributed by atoms with Crippen LogP contribution in [0.2, 0.25) is 0 Å². The molecule has 8 heteroatoms. The average molecular weight is 466 g/mol. The second-order valence-corrected chi connectivity index (χ2v) is 8.73. The Kier molecular flexibility index (Phi) is 7.29. The molecule has 2 aliphatic rings. The van der Waals surface area contributed by atoms with Gasteiger partial charge < -0.3 is 24.5 Å². The molecular weight excluding hydrogens is 434 g/mol. The van der Waals surface area contributed by atoms with Crippen LogP contribution in [0.25, 0.3) is 11.1 Å². The summed E-state index contributed by atoms with van der Waals surface area (Å²) >= 11 is 0. The second kappa shape index (κ2) is 10.4. The van der Waals surface area contributed by atoms with Crippen molar-refractivity contribution < 1.29 is 24.3 Å². The maximum absolute atomic E-state index is 13.6. The zero-order valence-electron chi connectivity index (χ0n) is 19.9. The lowest BCUT2D eigenvalue weighted by atomic mass is 9.91. The van der Waals surface area contributed by atoms with Gasteiger partial charge in [0.1, 0.15) is 7.11 Å². The van der Waals surface area contributed by atoms with E-state index in [0.29, 0.717) is 49.6 Å². The van der Waals surface area contributed by atoms with Crippen molar-refractivity contribution >= 4 is 17.5 Å². The Bertz CT molecular complexity index is 1110. The van der Waals surface area contributed by atoms with Crippen molar-refractivity contribution in [3.63, 3.8) is 0 Å². The summed E-state index contributed by atoms with van der Waals surface area (Å²) in [6, 6.07) is 11.0. The number of carbonyl (C=O) groups excluding carboxylic acids is 2. The molecule has 0 spiro atoms. The minimum Gasteiger partial charge on any atom is -0.399 e. The number of aliphatic hydroxyl groups is 1. The van der Waals surface area contributed by atoms with E-state index >= 15 is 0 Å². The number of aliphatic hydroxyl groups excluding tert-OH is 1. The molecule has 0 radical (unpaired) electrons. The van der Waals surface area contributed by atoms with E-state index in [2.05, 4.69) is 5.16 Å². The molecule has 0 bridgehead atoms. The molecule has 2 heterocycles. The molecule has 0 aliphatic carbocycles. The fraction of sp³-hybridized carbons (Fsp3) is 0.423. The molecular formula is C26H31N3O5. The maximum Gasteiger partial charge on any atom is 0.254 e. The first-order valence-corrected chi connectivity index (χ1v) is 11.5. The summed E-state index contributed by atoms with van der Waals surface area (Å²) in [5, 5.41) is 13.8. The molecule has 2 saturated heterocycles. The zero-order chi connectivity index (χ0) is 24.2. The lowest BCUT2D eigenvalue weighted by molar-refractivity contribution is 0.0303. The van der Waals surface area contributed by atoms with Crippen LogP contribution in [0.1, 0.15) is 38.3 Å². The highest BCUT2D eigenvalue weighted by Gasteiger charge is 2.34. The van der Waals surface area contributed by atoms with E-state index in [9.17, 15) is 14.7 Å². The van der Waals surface area contributed by atoms with E-state index in [1.807, 2.05) is 38.1 Å². The van der Waals surface area contributed by atoms with Gasteiger partial charge in [0.15, 0.2) is 0 Å². The molecule has 2 fully saturated rings. The van der Waals surface area contributed by atoms with Gasteiger partial charge in [-0.25, -0.2) is 0 Å². The molecule has 8 nitrogen and oxygen atoms in total. The van der Waals surface area contributed by atoms with Crippen molar-refractivity contribution in [3.05, 3.63) is 58.7 Å². The van der Waals surface area contributed by atoms with Crippen LogP contribution in [0.4, 0.5) is 0 Å². The van der Waals surface area contributed by atoms with Gasteiger partial charge in [-0.05, 0) is 48.2 Å². The number of oxime groups is 1. The van der Waals surface area contributed by atoms with Crippen molar-refractivity contribution in [2.45, 2.75) is 26.3 Å². The molecule has 2 aromatic carbocycles. The molecule has 2 amide bonds. The van der Waals surface area contributed by atoms with Crippen molar-refractivity contribution in [1.29, 1.82) is 0 Å². The van der Waals surface area contributed by atoms with E-state index in [1.165, 1.54) is 7.11 Å². The van der Waals surface area contributed by atoms with Crippen LogP contribution in [0.5, 0.6) is 0 Å². The Hall–Kier alpha value is -3.23. The largest absolute Gasteiger partial charge is 0.399 e. The Morgan fingerprint density at radius 3 is 2.59 bits per heavy atom. The third-order valence-electron chi connectivity index (χ3n) is 6.65. The summed E-state index contributed by atoms with van der Waals surface area (Å²) in [5.41, 5.74) is 5.60. The number of hydrogen-bond acceptors (Lipinski definition) is 6. The number of ether oxygens (including phenoxy) is 1. The van der Waals surface area contributed by atoms with Gasteiger partial charge in [-0.2, -0.15) is 0 Å². The quantitative estimate of drug-likeness (QED) is 0.686. The normalized spacial score (nSPS) is 19.5. The van der Waals surface area contributed by atoms with Gasteiger partial charge in [0.2, 0.25) is 0 Å². The number of morpholine rings is 1. The molecule has 1 N–H and O–H groups in total. The molecule has 2 aromatic rings. The highest BCUT2D eigenvalue weighted by molar-refractivity contribution is 6.06. The lowest BCUT2D eigenvalue weighted by Crippen LogP contribution is -2.41. The fourth-order valence-electron chi connectivity index (χ4n) is 4.60. The number of rotatable bonds is 5. The zero-order valence-corrected chi connectivity index (χ0v) is 19.9. The molecule has 4 rings (SSSR count). The summed E-state index contributed by atoms with van der Waals surface area (Å²) in [5.74, 6) is -0.362. The van der Waals surface area contributed by atoms with Crippen LogP contribution < -0.4 is 0 Å². The van der Waals surface area contributed by atoms with E-state index in [0.717, 1.165) is 22.3 Å². The average Bonchev–Trinajstić information content (AvgIpc) is 3.28.